The van der Waals surface area contributed by atoms with Crippen molar-refractivity contribution in [3.05, 3.63) is 89.1 Å². The van der Waals surface area contributed by atoms with Crippen LogP contribution in [0.25, 0.3) is 21.9 Å². The van der Waals surface area contributed by atoms with Gasteiger partial charge in [0.25, 0.3) is 11.5 Å². The number of rotatable bonds is 4. The molecule has 31 heavy (non-hydrogen) atoms. The fourth-order valence-electron chi connectivity index (χ4n) is 3.09. The number of hydrogen-bond acceptors (Lipinski definition) is 4. The van der Waals surface area contributed by atoms with Gasteiger partial charge in [0.15, 0.2) is 0 Å². The van der Waals surface area contributed by atoms with Gasteiger partial charge in [0.05, 0.1) is 0 Å². The van der Waals surface area contributed by atoms with Gasteiger partial charge in [0, 0.05) is 40.8 Å². The summed E-state index contributed by atoms with van der Waals surface area (Å²) in [6.45, 7) is 0. The van der Waals surface area contributed by atoms with Gasteiger partial charge >= 0.3 is 6.36 Å². The Bertz CT molecular complexity index is 1310. The number of H-pyrrole nitrogens is 1. The van der Waals surface area contributed by atoms with Gasteiger partial charge in [-0.3, -0.25) is 14.6 Å². The highest BCUT2D eigenvalue weighted by Gasteiger charge is 2.31. The van der Waals surface area contributed by atoms with Crippen molar-refractivity contribution >= 4 is 22.4 Å². The van der Waals surface area contributed by atoms with E-state index in [1.807, 2.05) is 24.3 Å². The summed E-state index contributed by atoms with van der Waals surface area (Å²) in [5.41, 5.74) is 0.767. The molecule has 0 saturated heterocycles. The normalized spacial score (nSPS) is 11.3. The number of nitrogens with zero attached hydrogens (tertiary/aromatic N) is 1. The van der Waals surface area contributed by atoms with Crippen LogP contribution in [0, 0.1) is 0 Å². The largest absolute Gasteiger partial charge is 0.573 e. The second kappa shape index (κ2) is 7.94. The molecule has 2 aromatic heterocycles. The van der Waals surface area contributed by atoms with Crippen molar-refractivity contribution in [1.29, 1.82) is 0 Å². The minimum atomic E-state index is -4.81. The van der Waals surface area contributed by atoms with Crippen LogP contribution in [0.1, 0.15) is 10.4 Å². The van der Waals surface area contributed by atoms with E-state index in [-0.39, 0.29) is 11.3 Å². The molecule has 156 valence electrons. The Labute approximate surface area is 173 Å². The predicted octanol–water partition coefficient (Wildman–Crippen LogP) is 4.74. The molecular weight excluding hydrogens is 411 g/mol. The molecule has 2 aromatic carbocycles. The van der Waals surface area contributed by atoms with E-state index < -0.39 is 23.6 Å². The van der Waals surface area contributed by atoms with Gasteiger partial charge in [-0.05, 0) is 35.7 Å². The first-order valence-corrected chi connectivity index (χ1v) is 9.03. The van der Waals surface area contributed by atoms with Crippen molar-refractivity contribution in [3.63, 3.8) is 0 Å². The van der Waals surface area contributed by atoms with Crippen molar-refractivity contribution in [1.82, 2.24) is 9.97 Å². The number of fused-ring (bicyclic) bond motifs is 1. The summed E-state index contributed by atoms with van der Waals surface area (Å²) < 4.78 is 40.6. The van der Waals surface area contributed by atoms with Crippen LogP contribution in [0.5, 0.6) is 5.75 Å². The monoisotopic (exact) mass is 425 g/mol. The van der Waals surface area contributed by atoms with E-state index in [2.05, 4.69) is 20.0 Å². The van der Waals surface area contributed by atoms with E-state index in [0.29, 0.717) is 5.56 Å². The van der Waals surface area contributed by atoms with Gasteiger partial charge in [-0.2, -0.15) is 0 Å². The number of anilines is 1. The molecule has 4 aromatic rings. The maximum Gasteiger partial charge on any atom is 0.573 e. The molecule has 4 rings (SSSR count). The third kappa shape index (κ3) is 4.55. The van der Waals surface area contributed by atoms with E-state index >= 15 is 0 Å². The van der Waals surface area contributed by atoms with E-state index in [0.717, 1.165) is 28.5 Å². The number of ether oxygens (including phenoxy) is 1. The molecule has 0 aliphatic heterocycles. The maximum atomic E-state index is 12.6. The second-order valence-corrected chi connectivity index (χ2v) is 6.57. The van der Waals surface area contributed by atoms with Crippen LogP contribution in [0.2, 0.25) is 0 Å². The minimum absolute atomic E-state index is 0.152. The number of hydrogen-bond donors (Lipinski definition) is 2. The molecule has 0 aliphatic rings. The lowest BCUT2D eigenvalue weighted by atomic mass is 10.0. The summed E-state index contributed by atoms with van der Waals surface area (Å²) in [7, 11) is 0. The van der Waals surface area contributed by atoms with Crippen LogP contribution in [0.15, 0.2) is 78.0 Å². The van der Waals surface area contributed by atoms with Crippen molar-refractivity contribution in [2.45, 2.75) is 6.36 Å². The van der Waals surface area contributed by atoms with Gasteiger partial charge in [-0.15, -0.1) is 13.2 Å². The number of nitrogens with one attached hydrogen (secondary N) is 2. The summed E-state index contributed by atoms with van der Waals surface area (Å²) >= 11 is 0. The van der Waals surface area contributed by atoms with Crippen molar-refractivity contribution < 1.29 is 22.7 Å². The molecular formula is C22H14F3N3O3. The molecule has 0 aliphatic carbocycles. The highest BCUT2D eigenvalue weighted by molar-refractivity contribution is 6.05. The van der Waals surface area contributed by atoms with E-state index in [1.54, 1.807) is 12.4 Å². The molecule has 2 N–H and O–H groups in total. The molecule has 0 saturated carbocycles. The van der Waals surface area contributed by atoms with Crippen molar-refractivity contribution in [2.75, 3.05) is 5.32 Å². The van der Waals surface area contributed by atoms with Crippen LogP contribution in [-0.2, 0) is 0 Å². The van der Waals surface area contributed by atoms with Gasteiger partial charge in [-0.1, -0.05) is 24.3 Å². The summed E-state index contributed by atoms with van der Waals surface area (Å²) in [5.74, 6) is -1.13. The maximum absolute atomic E-state index is 12.6. The molecule has 0 bridgehead atoms. The Kier molecular flexibility index (Phi) is 5.16. The third-order valence-electron chi connectivity index (χ3n) is 4.47. The van der Waals surface area contributed by atoms with E-state index in [4.69, 9.17) is 0 Å². The molecule has 6 nitrogen and oxygen atoms in total. The molecule has 0 atom stereocenters. The molecule has 2 heterocycles. The molecule has 1 amide bonds. The van der Waals surface area contributed by atoms with Gasteiger partial charge in [0.1, 0.15) is 11.3 Å². The first kappa shape index (κ1) is 20.1. The molecule has 0 radical (unpaired) electrons. The minimum Gasteiger partial charge on any atom is -0.406 e. The number of aromatic amines is 1. The Balaban J connectivity index is 1.61. The van der Waals surface area contributed by atoms with E-state index in [9.17, 15) is 22.8 Å². The Morgan fingerprint density at radius 3 is 2.52 bits per heavy atom. The SMILES string of the molecule is O=C(Nc1ccc(OC(F)(F)F)cc1)c1cc(-c2cncc3ccccc23)c[nH]c1=O. The fraction of sp³-hybridized carbons (Fsp3) is 0.0455. The number of amides is 1. The van der Waals surface area contributed by atoms with Gasteiger partial charge in [0.2, 0.25) is 0 Å². The zero-order valence-electron chi connectivity index (χ0n) is 15.7. The van der Waals surface area contributed by atoms with Crippen LogP contribution in [0.3, 0.4) is 0 Å². The van der Waals surface area contributed by atoms with Crippen LogP contribution >= 0.6 is 0 Å². The van der Waals surface area contributed by atoms with Crippen molar-refractivity contribution in [3.8, 4) is 16.9 Å². The zero-order valence-corrected chi connectivity index (χ0v) is 15.7. The molecule has 0 unspecified atom stereocenters. The van der Waals surface area contributed by atoms with Crippen LogP contribution < -0.4 is 15.6 Å². The number of aromatic nitrogens is 2. The lowest BCUT2D eigenvalue weighted by Crippen LogP contribution is -2.23. The summed E-state index contributed by atoms with van der Waals surface area (Å²) in [4.78, 5) is 31.6. The molecule has 0 fully saturated rings. The average molecular weight is 425 g/mol. The average Bonchev–Trinajstić information content (AvgIpc) is 2.74. The van der Waals surface area contributed by atoms with Gasteiger partial charge in [-0.25, -0.2) is 0 Å². The quantitative estimate of drug-likeness (QED) is 0.495. The van der Waals surface area contributed by atoms with Crippen LogP contribution in [0.4, 0.5) is 18.9 Å². The summed E-state index contributed by atoms with van der Waals surface area (Å²) in [6, 6.07) is 13.6. The smallest absolute Gasteiger partial charge is 0.406 e. The zero-order chi connectivity index (χ0) is 22.0. The molecule has 0 spiro atoms. The standard InChI is InChI=1S/C22H14F3N3O3/c23-22(24,25)31-16-7-5-15(6-8-16)28-21(30)18-9-14(11-27-20(18)29)19-12-26-10-13-3-1-2-4-17(13)19/h1-12H,(H,27,29)(H,28,30). The lowest BCUT2D eigenvalue weighted by molar-refractivity contribution is -0.274. The number of halogens is 3. The number of carbonyl (C=O) groups excluding carboxylic acids is 1. The summed E-state index contributed by atoms with van der Waals surface area (Å²) in [5, 5.41) is 4.29. The number of benzene rings is 2. The molecule has 9 heteroatoms. The van der Waals surface area contributed by atoms with Crippen LogP contribution in [-0.4, -0.2) is 22.2 Å². The third-order valence-corrected chi connectivity index (χ3v) is 4.47. The number of carbonyl (C=O) groups is 1. The lowest BCUT2D eigenvalue weighted by Gasteiger charge is -2.10. The van der Waals surface area contributed by atoms with Crippen molar-refractivity contribution in [2.24, 2.45) is 0 Å². The topological polar surface area (TPSA) is 84.1 Å². The van der Waals surface area contributed by atoms with Gasteiger partial charge < -0.3 is 15.0 Å². The highest BCUT2D eigenvalue weighted by atomic mass is 19.4. The summed E-state index contributed by atoms with van der Waals surface area (Å²) in [6.07, 6.45) is 0.0299. The number of pyridine rings is 2. The Morgan fingerprint density at radius 2 is 1.77 bits per heavy atom. The fourth-order valence-corrected chi connectivity index (χ4v) is 3.09. The first-order valence-electron chi connectivity index (χ1n) is 9.03. The highest BCUT2D eigenvalue weighted by Crippen LogP contribution is 2.27. The number of alkyl halides is 3. The first-order chi connectivity index (χ1) is 14.8. The second-order valence-electron chi connectivity index (χ2n) is 6.57. The predicted molar refractivity (Wildman–Crippen MR) is 109 cm³/mol. The Morgan fingerprint density at radius 1 is 1.03 bits per heavy atom. The Hall–Kier alpha value is -4.14. The van der Waals surface area contributed by atoms with E-state index in [1.165, 1.54) is 24.4 Å².